The minimum atomic E-state index is -4.29. The van der Waals surface area contributed by atoms with Crippen molar-refractivity contribution in [2.24, 2.45) is 0 Å². The van der Waals surface area contributed by atoms with Gasteiger partial charge in [0.15, 0.2) is 0 Å². The minimum absolute atomic E-state index is 0.0754. The van der Waals surface area contributed by atoms with Crippen molar-refractivity contribution in [3.63, 3.8) is 0 Å². The molecule has 0 saturated carbocycles. The second kappa shape index (κ2) is 6.82. The molecule has 6 nitrogen and oxygen atoms in total. The molecule has 1 rings (SSSR count). The van der Waals surface area contributed by atoms with Crippen LogP contribution >= 0.6 is 0 Å². The fourth-order valence-corrected chi connectivity index (χ4v) is 1.48. The highest BCUT2D eigenvalue weighted by Crippen LogP contribution is 2.22. The fraction of sp³-hybridized carbons (Fsp3) is 0.333. The first-order valence-electron chi connectivity index (χ1n) is 5.87. The standard InChI is InChI=1S/C12H13F3N2O4/c13-12(14,15)4-1-5-16-11(21)17-9-3-2-7(18)6-8(9)10(19)20/h2-3,6,18H,1,4-5H2,(H,19,20)(H2,16,17,21). The molecule has 0 aliphatic heterocycles. The van der Waals surface area contributed by atoms with E-state index in [-0.39, 0.29) is 30.0 Å². The number of hydrogen-bond donors (Lipinski definition) is 4. The third kappa shape index (κ3) is 6.02. The van der Waals surface area contributed by atoms with Crippen LogP contribution in [0.4, 0.5) is 23.7 Å². The summed E-state index contributed by atoms with van der Waals surface area (Å²) in [5.74, 6) is -1.65. The molecule has 0 heterocycles. The van der Waals surface area contributed by atoms with Gasteiger partial charge in [-0.1, -0.05) is 0 Å². The van der Waals surface area contributed by atoms with Crippen LogP contribution in [0, 0.1) is 0 Å². The molecule has 116 valence electrons. The van der Waals surface area contributed by atoms with E-state index in [0.29, 0.717) is 0 Å². The Balaban J connectivity index is 2.54. The lowest BCUT2D eigenvalue weighted by Gasteiger charge is -2.11. The van der Waals surface area contributed by atoms with E-state index in [2.05, 4.69) is 10.6 Å². The Morgan fingerprint density at radius 3 is 2.48 bits per heavy atom. The summed E-state index contributed by atoms with van der Waals surface area (Å²) >= 11 is 0. The number of aromatic hydroxyl groups is 1. The van der Waals surface area contributed by atoms with Crippen molar-refractivity contribution < 1.29 is 33.0 Å². The summed E-state index contributed by atoms with van der Waals surface area (Å²) in [6.07, 6.45) is -5.59. The molecule has 0 radical (unpaired) electrons. The van der Waals surface area contributed by atoms with E-state index in [1.807, 2.05) is 0 Å². The van der Waals surface area contributed by atoms with Crippen molar-refractivity contribution >= 4 is 17.7 Å². The molecule has 9 heteroatoms. The van der Waals surface area contributed by atoms with Crippen LogP contribution in [0.25, 0.3) is 0 Å². The van der Waals surface area contributed by atoms with E-state index >= 15 is 0 Å². The predicted molar refractivity (Wildman–Crippen MR) is 67.4 cm³/mol. The van der Waals surface area contributed by atoms with Crippen molar-refractivity contribution in [2.45, 2.75) is 19.0 Å². The number of benzene rings is 1. The molecule has 0 fully saturated rings. The van der Waals surface area contributed by atoms with Gasteiger partial charge in [-0.25, -0.2) is 9.59 Å². The average molecular weight is 306 g/mol. The normalized spacial score (nSPS) is 11.0. The molecule has 0 spiro atoms. The molecule has 1 aromatic rings. The highest BCUT2D eigenvalue weighted by Gasteiger charge is 2.26. The summed E-state index contributed by atoms with van der Waals surface area (Å²) < 4.78 is 35.7. The number of hydrogen-bond acceptors (Lipinski definition) is 3. The number of halogens is 3. The Bertz CT molecular complexity index is 532. The summed E-state index contributed by atoms with van der Waals surface area (Å²) in [5, 5.41) is 22.4. The van der Waals surface area contributed by atoms with Crippen LogP contribution in [0.1, 0.15) is 23.2 Å². The smallest absolute Gasteiger partial charge is 0.389 e. The Morgan fingerprint density at radius 2 is 1.90 bits per heavy atom. The lowest BCUT2D eigenvalue weighted by Crippen LogP contribution is -2.30. The first-order valence-corrected chi connectivity index (χ1v) is 5.87. The highest BCUT2D eigenvalue weighted by atomic mass is 19.4. The minimum Gasteiger partial charge on any atom is -0.508 e. The number of carboxylic acid groups (broad SMARTS) is 1. The number of anilines is 1. The van der Waals surface area contributed by atoms with Crippen molar-refractivity contribution in [3.05, 3.63) is 23.8 Å². The zero-order valence-corrected chi connectivity index (χ0v) is 10.7. The number of carbonyl (C=O) groups is 2. The monoisotopic (exact) mass is 306 g/mol. The van der Waals surface area contributed by atoms with Crippen LogP contribution in [-0.2, 0) is 0 Å². The summed E-state index contributed by atoms with van der Waals surface area (Å²) in [6, 6.07) is 2.46. The molecule has 0 unspecified atom stereocenters. The summed E-state index contributed by atoms with van der Waals surface area (Å²) in [7, 11) is 0. The third-order valence-electron chi connectivity index (χ3n) is 2.40. The van der Waals surface area contributed by atoms with Gasteiger partial charge in [0.2, 0.25) is 0 Å². The van der Waals surface area contributed by atoms with E-state index in [4.69, 9.17) is 5.11 Å². The number of carboxylic acids is 1. The topological polar surface area (TPSA) is 98.7 Å². The third-order valence-corrected chi connectivity index (χ3v) is 2.40. The first-order chi connectivity index (χ1) is 9.69. The molecule has 0 aliphatic carbocycles. The van der Waals surface area contributed by atoms with Gasteiger partial charge in [-0.3, -0.25) is 0 Å². The number of phenolic OH excluding ortho intramolecular Hbond substituents is 1. The van der Waals surface area contributed by atoms with E-state index in [0.717, 1.165) is 6.07 Å². The van der Waals surface area contributed by atoms with Gasteiger partial charge in [0.25, 0.3) is 0 Å². The van der Waals surface area contributed by atoms with Crippen LogP contribution in [0.15, 0.2) is 18.2 Å². The van der Waals surface area contributed by atoms with Crippen molar-refractivity contribution in [1.82, 2.24) is 5.32 Å². The lowest BCUT2D eigenvalue weighted by molar-refractivity contribution is -0.135. The maximum absolute atomic E-state index is 11.9. The molecule has 4 N–H and O–H groups in total. The van der Waals surface area contributed by atoms with Gasteiger partial charge in [0.05, 0.1) is 11.3 Å². The molecule has 2 amide bonds. The van der Waals surface area contributed by atoms with Crippen molar-refractivity contribution in [1.29, 1.82) is 0 Å². The van der Waals surface area contributed by atoms with Crippen LogP contribution in [0.2, 0.25) is 0 Å². The molecular formula is C12H13F3N2O4. The van der Waals surface area contributed by atoms with Crippen LogP contribution in [0.5, 0.6) is 5.75 Å². The van der Waals surface area contributed by atoms with Crippen LogP contribution < -0.4 is 10.6 Å². The first kappa shape index (κ1) is 16.6. The van der Waals surface area contributed by atoms with Gasteiger partial charge in [-0.05, 0) is 24.6 Å². The quantitative estimate of drug-likeness (QED) is 0.496. The Morgan fingerprint density at radius 1 is 1.24 bits per heavy atom. The van der Waals surface area contributed by atoms with Crippen molar-refractivity contribution in [3.8, 4) is 5.75 Å². The number of urea groups is 1. The fourth-order valence-electron chi connectivity index (χ4n) is 1.48. The van der Waals surface area contributed by atoms with E-state index in [1.165, 1.54) is 12.1 Å². The second-order valence-electron chi connectivity index (χ2n) is 4.13. The summed E-state index contributed by atoms with van der Waals surface area (Å²) in [5.41, 5.74) is -0.408. The molecule has 0 bridgehead atoms. The SMILES string of the molecule is O=C(NCCCC(F)(F)F)Nc1ccc(O)cc1C(=O)O. The van der Waals surface area contributed by atoms with Gasteiger partial charge in [-0.2, -0.15) is 13.2 Å². The molecule has 0 atom stereocenters. The van der Waals surface area contributed by atoms with Crippen LogP contribution in [0.3, 0.4) is 0 Å². The number of phenols is 1. The van der Waals surface area contributed by atoms with Gasteiger partial charge in [0, 0.05) is 13.0 Å². The predicted octanol–water partition coefficient (Wildman–Crippen LogP) is 2.55. The average Bonchev–Trinajstić information content (AvgIpc) is 2.35. The Hall–Kier alpha value is -2.45. The largest absolute Gasteiger partial charge is 0.508 e. The number of aromatic carboxylic acids is 1. The summed E-state index contributed by atoms with van der Waals surface area (Å²) in [4.78, 5) is 22.4. The van der Waals surface area contributed by atoms with Gasteiger partial charge >= 0.3 is 18.2 Å². The van der Waals surface area contributed by atoms with Gasteiger partial charge < -0.3 is 20.8 Å². The highest BCUT2D eigenvalue weighted by molar-refractivity contribution is 6.00. The van der Waals surface area contributed by atoms with E-state index in [1.54, 1.807) is 0 Å². The van der Waals surface area contributed by atoms with Gasteiger partial charge in [0.1, 0.15) is 5.75 Å². The maximum Gasteiger partial charge on any atom is 0.389 e. The molecule has 0 aromatic heterocycles. The van der Waals surface area contributed by atoms with Crippen molar-refractivity contribution in [2.75, 3.05) is 11.9 Å². The number of rotatable bonds is 5. The maximum atomic E-state index is 11.9. The molecule has 0 saturated heterocycles. The molecular weight excluding hydrogens is 293 g/mol. The summed E-state index contributed by atoms with van der Waals surface area (Å²) in [6.45, 7) is -0.203. The number of alkyl halides is 3. The second-order valence-corrected chi connectivity index (χ2v) is 4.13. The Kier molecular flexibility index (Phi) is 5.39. The van der Waals surface area contributed by atoms with E-state index < -0.39 is 24.6 Å². The zero-order chi connectivity index (χ0) is 16.0. The zero-order valence-electron chi connectivity index (χ0n) is 10.7. The number of nitrogens with one attached hydrogen (secondary N) is 2. The number of carbonyl (C=O) groups excluding carboxylic acids is 1. The molecule has 1 aromatic carbocycles. The van der Waals surface area contributed by atoms with E-state index in [9.17, 15) is 27.9 Å². The molecule has 21 heavy (non-hydrogen) atoms. The van der Waals surface area contributed by atoms with Gasteiger partial charge in [-0.15, -0.1) is 0 Å². The number of amides is 2. The molecule has 0 aliphatic rings. The lowest BCUT2D eigenvalue weighted by atomic mass is 10.1. The van der Waals surface area contributed by atoms with Crippen LogP contribution in [-0.4, -0.2) is 34.9 Å². The Labute approximate surface area is 117 Å².